The van der Waals surface area contributed by atoms with Crippen molar-refractivity contribution in [1.82, 2.24) is 9.97 Å². The summed E-state index contributed by atoms with van der Waals surface area (Å²) in [5.74, 6) is -0.434. The second kappa shape index (κ2) is 4.49. The molecule has 0 saturated heterocycles. The molecule has 0 aliphatic carbocycles. The average molecular weight is 257 g/mol. The van der Waals surface area contributed by atoms with E-state index in [4.69, 9.17) is 4.42 Å². The third-order valence-electron chi connectivity index (χ3n) is 2.51. The van der Waals surface area contributed by atoms with Gasteiger partial charge in [-0.2, -0.15) is 0 Å². The van der Waals surface area contributed by atoms with E-state index in [1.54, 1.807) is 0 Å². The van der Waals surface area contributed by atoms with Crippen molar-refractivity contribution in [3.8, 4) is 0 Å². The maximum atomic E-state index is 13.0. The second-order valence-electron chi connectivity index (χ2n) is 3.84. The van der Waals surface area contributed by atoms with Gasteiger partial charge in [0.05, 0.1) is 6.20 Å². The fourth-order valence-electron chi connectivity index (χ4n) is 1.67. The lowest BCUT2D eigenvalue weighted by Gasteiger charge is -1.99. The SMILES string of the molecule is O=C(Nc1cnccn1)c1cc2cc(F)ccc2o1. The lowest BCUT2D eigenvalue weighted by Crippen LogP contribution is -2.11. The number of nitrogens with one attached hydrogen (secondary N) is 1. The second-order valence-corrected chi connectivity index (χ2v) is 3.84. The van der Waals surface area contributed by atoms with Crippen LogP contribution in [-0.2, 0) is 0 Å². The number of fused-ring (bicyclic) bond motifs is 1. The molecule has 19 heavy (non-hydrogen) atoms. The number of carbonyl (C=O) groups excluding carboxylic acids is 1. The average Bonchev–Trinajstić information content (AvgIpc) is 2.83. The largest absolute Gasteiger partial charge is 0.451 e. The van der Waals surface area contributed by atoms with Gasteiger partial charge in [-0.05, 0) is 24.3 Å². The number of hydrogen-bond donors (Lipinski definition) is 1. The Hall–Kier alpha value is -2.76. The Morgan fingerprint density at radius 1 is 1.26 bits per heavy atom. The van der Waals surface area contributed by atoms with Crippen molar-refractivity contribution < 1.29 is 13.6 Å². The summed E-state index contributed by atoms with van der Waals surface area (Å²) in [5.41, 5.74) is 0.450. The highest BCUT2D eigenvalue weighted by Gasteiger charge is 2.13. The number of furan rings is 1. The zero-order valence-electron chi connectivity index (χ0n) is 9.63. The number of carbonyl (C=O) groups is 1. The lowest BCUT2D eigenvalue weighted by atomic mass is 10.2. The first kappa shape index (κ1) is 11.3. The molecule has 0 aliphatic rings. The van der Waals surface area contributed by atoms with Crippen molar-refractivity contribution >= 4 is 22.7 Å². The summed E-state index contributed by atoms with van der Waals surface area (Å²) in [5, 5.41) is 3.07. The van der Waals surface area contributed by atoms with Gasteiger partial charge >= 0.3 is 0 Å². The van der Waals surface area contributed by atoms with E-state index in [0.717, 1.165) is 0 Å². The van der Waals surface area contributed by atoms with Gasteiger partial charge in [-0.3, -0.25) is 9.78 Å². The Labute approximate surface area is 107 Å². The van der Waals surface area contributed by atoms with Crippen LogP contribution in [0.5, 0.6) is 0 Å². The first-order chi connectivity index (χ1) is 9.22. The van der Waals surface area contributed by atoms with Crippen molar-refractivity contribution in [3.05, 3.63) is 54.4 Å². The summed E-state index contributed by atoms with van der Waals surface area (Å²) in [6.07, 6.45) is 4.38. The predicted octanol–water partition coefficient (Wildman–Crippen LogP) is 2.61. The molecule has 0 bridgehead atoms. The molecule has 0 unspecified atom stereocenters. The van der Waals surface area contributed by atoms with Crippen LogP contribution in [0.25, 0.3) is 11.0 Å². The first-order valence-electron chi connectivity index (χ1n) is 5.49. The number of halogens is 1. The van der Waals surface area contributed by atoms with Crippen molar-refractivity contribution in [2.45, 2.75) is 0 Å². The Morgan fingerprint density at radius 3 is 2.95 bits per heavy atom. The number of benzene rings is 1. The normalized spacial score (nSPS) is 10.6. The zero-order valence-corrected chi connectivity index (χ0v) is 9.63. The Balaban J connectivity index is 1.89. The number of hydrogen-bond acceptors (Lipinski definition) is 4. The fraction of sp³-hybridized carbons (Fsp3) is 0. The van der Waals surface area contributed by atoms with Gasteiger partial charge in [0.2, 0.25) is 0 Å². The van der Waals surface area contributed by atoms with Crippen LogP contribution < -0.4 is 5.32 Å². The van der Waals surface area contributed by atoms with Gasteiger partial charge in [0, 0.05) is 17.8 Å². The number of amides is 1. The third-order valence-corrected chi connectivity index (χ3v) is 2.51. The van der Waals surface area contributed by atoms with Crippen LogP contribution in [0, 0.1) is 5.82 Å². The van der Waals surface area contributed by atoms with Gasteiger partial charge in [0.25, 0.3) is 5.91 Å². The van der Waals surface area contributed by atoms with E-state index in [1.807, 2.05) is 0 Å². The highest BCUT2D eigenvalue weighted by Crippen LogP contribution is 2.20. The molecular weight excluding hydrogens is 249 g/mol. The van der Waals surface area contributed by atoms with Crippen molar-refractivity contribution in [2.24, 2.45) is 0 Å². The smallest absolute Gasteiger partial charge is 0.292 e. The van der Waals surface area contributed by atoms with E-state index in [9.17, 15) is 9.18 Å². The van der Waals surface area contributed by atoms with Gasteiger partial charge in [-0.25, -0.2) is 9.37 Å². The zero-order chi connectivity index (χ0) is 13.2. The molecule has 94 valence electrons. The minimum absolute atomic E-state index is 0.0891. The van der Waals surface area contributed by atoms with E-state index in [0.29, 0.717) is 16.8 Å². The van der Waals surface area contributed by atoms with E-state index < -0.39 is 5.91 Å². The maximum Gasteiger partial charge on any atom is 0.292 e. The molecule has 3 rings (SSSR count). The maximum absolute atomic E-state index is 13.0. The Morgan fingerprint density at radius 2 is 2.16 bits per heavy atom. The summed E-state index contributed by atoms with van der Waals surface area (Å²) in [4.78, 5) is 19.6. The summed E-state index contributed by atoms with van der Waals surface area (Å²) in [6.45, 7) is 0. The molecule has 0 aliphatic heterocycles. The van der Waals surface area contributed by atoms with E-state index >= 15 is 0 Å². The highest BCUT2D eigenvalue weighted by atomic mass is 19.1. The van der Waals surface area contributed by atoms with Crippen LogP contribution in [0.3, 0.4) is 0 Å². The topological polar surface area (TPSA) is 68.0 Å². The Bertz CT molecular complexity index is 740. The van der Waals surface area contributed by atoms with Gasteiger partial charge in [-0.1, -0.05) is 0 Å². The number of aromatic nitrogens is 2. The van der Waals surface area contributed by atoms with Crippen molar-refractivity contribution in [1.29, 1.82) is 0 Å². The molecule has 0 spiro atoms. The lowest BCUT2D eigenvalue weighted by molar-refractivity contribution is 0.0998. The summed E-state index contributed by atoms with van der Waals surface area (Å²) in [6, 6.07) is 5.53. The van der Waals surface area contributed by atoms with Gasteiger partial charge in [0.15, 0.2) is 11.6 Å². The number of rotatable bonds is 2. The summed E-state index contributed by atoms with van der Waals surface area (Å²) in [7, 11) is 0. The summed E-state index contributed by atoms with van der Waals surface area (Å²) < 4.78 is 18.4. The molecule has 0 atom stereocenters. The van der Waals surface area contributed by atoms with Crippen LogP contribution in [-0.4, -0.2) is 15.9 Å². The molecule has 1 N–H and O–H groups in total. The van der Waals surface area contributed by atoms with E-state index in [-0.39, 0.29) is 11.6 Å². The molecule has 0 radical (unpaired) electrons. The molecule has 0 fully saturated rings. The fourth-order valence-corrected chi connectivity index (χ4v) is 1.67. The molecule has 3 aromatic rings. The minimum Gasteiger partial charge on any atom is -0.451 e. The molecule has 2 heterocycles. The Kier molecular flexibility index (Phi) is 2.68. The van der Waals surface area contributed by atoms with E-state index in [1.165, 1.54) is 42.9 Å². The molecule has 5 nitrogen and oxygen atoms in total. The van der Waals surface area contributed by atoms with Gasteiger partial charge in [0.1, 0.15) is 11.4 Å². The molecule has 6 heteroatoms. The van der Waals surface area contributed by atoms with E-state index in [2.05, 4.69) is 15.3 Å². The highest BCUT2D eigenvalue weighted by molar-refractivity contribution is 6.04. The first-order valence-corrected chi connectivity index (χ1v) is 5.49. The van der Waals surface area contributed by atoms with Crippen LogP contribution >= 0.6 is 0 Å². The van der Waals surface area contributed by atoms with Crippen LogP contribution in [0.15, 0.2) is 47.3 Å². The number of nitrogens with zero attached hydrogens (tertiary/aromatic N) is 2. The third kappa shape index (κ3) is 2.28. The quantitative estimate of drug-likeness (QED) is 0.766. The molecule has 1 aromatic carbocycles. The standard InChI is InChI=1S/C13H8FN3O2/c14-9-1-2-10-8(5-9)6-11(19-10)13(18)17-12-7-15-3-4-16-12/h1-7H,(H,16,17,18). The van der Waals surface area contributed by atoms with Gasteiger partial charge < -0.3 is 9.73 Å². The van der Waals surface area contributed by atoms with Crippen LogP contribution in [0.2, 0.25) is 0 Å². The monoisotopic (exact) mass is 257 g/mol. The van der Waals surface area contributed by atoms with Crippen molar-refractivity contribution in [3.63, 3.8) is 0 Å². The van der Waals surface area contributed by atoms with Crippen molar-refractivity contribution in [2.75, 3.05) is 5.32 Å². The molecule has 1 amide bonds. The van der Waals surface area contributed by atoms with Gasteiger partial charge in [-0.15, -0.1) is 0 Å². The number of anilines is 1. The van der Waals surface area contributed by atoms with Crippen LogP contribution in [0.1, 0.15) is 10.6 Å². The van der Waals surface area contributed by atoms with Crippen LogP contribution in [0.4, 0.5) is 10.2 Å². The predicted molar refractivity (Wildman–Crippen MR) is 66.2 cm³/mol. The molecule has 0 saturated carbocycles. The molecular formula is C13H8FN3O2. The minimum atomic E-state index is -0.461. The summed E-state index contributed by atoms with van der Waals surface area (Å²) >= 11 is 0. The molecule has 2 aromatic heterocycles.